The standard InChI is InChI=1S/C71H123NO13/c1-3-5-7-9-11-13-15-17-19-21-22-23-24-25-26-27-28-29-30-31-32-33-34-35-36-37-38-39-41-43-45-47-49-51-53-55-63(76)72-59(60(75)54-52-50-48-46-44-42-40-20-18-16-14-12-10-8-6-4-2)58-82-70-68(81)66(79)69(62(57-74)84-70)85-71-67(80)65(78)64(77)61(56-73)83-71/h5,7,11,13,17,19,22-23,25-26,28-29,31-32,34-35,59-62,64-71,73-75,77-81H,3-4,6,8-10,12,14-16,18,20-21,24,27,30,33,36-58H2,1-2H3,(H,72,76)/b7-5-,13-11-,19-17-,23-22-,26-25-,29-28-,32-31-,35-34-. The Kier molecular flexibility index (Phi) is 50.5. The van der Waals surface area contributed by atoms with Gasteiger partial charge in [0.15, 0.2) is 12.6 Å². The molecule has 1 amide bonds. The zero-order valence-corrected chi connectivity index (χ0v) is 53.1. The summed E-state index contributed by atoms with van der Waals surface area (Å²) < 4.78 is 22.9. The van der Waals surface area contributed by atoms with E-state index in [-0.39, 0.29) is 12.5 Å². The Morgan fingerprint density at radius 1 is 0.435 bits per heavy atom. The van der Waals surface area contributed by atoms with Gasteiger partial charge in [-0.05, 0) is 77.0 Å². The minimum atomic E-state index is -1.79. The second kappa shape index (κ2) is 55.0. The van der Waals surface area contributed by atoms with E-state index in [4.69, 9.17) is 18.9 Å². The van der Waals surface area contributed by atoms with Crippen molar-refractivity contribution in [2.24, 2.45) is 0 Å². The van der Waals surface area contributed by atoms with Crippen LogP contribution in [0.1, 0.15) is 251 Å². The van der Waals surface area contributed by atoms with Gasteiger partial charge in [-0.15, -0.1) is 0 Å². The van der Waals surface area contributed by atoms with Gasteiger partial charge in [-0.2, -0.15) is 0 Å². The van der Waals surface area contributed by atoms with Crippen LogP contribution in [0.4, 0.5) is 0 Å². The average Bonchev–Trinajstić information content (AvgIpc) is 3.70. The number of aliphatic hydroxyl groups excluding tert-OH is 8. The first-order valence-electron chi connectivity index (χ1n) is 34.0. The summed E-state index contributed by atoms with van der Waals surface area (Å²) in [6.45, 7) is 2.75. The van der Waals surface area contributed by atoms with Crippen molar-refractivity contribution >= 4 is 5.91 Å². The van der Waals surface area contributed by atoms with Gasteiger partial charge in [0.2, 0.25) is 5.91 Å². The SMILES string of the molecule is CC/C=C\C/C=C\C/C=C\C/C=C\C/C=C\C/C=C\C/C=C\C/C=C\CCCCCCCCCCCCC(=O)NC(COC1OC(CO)C(OC2OC(CO)C(O)C(O)C2O)C(O)C1O)C(O)CCCCCCCCCCCCCCCCCC. The lowest BCUT2D eigenvalue weighted by molar-refractivity contribution is -0.359. The van der Waals surface area contributed by atoms with E-state index in [0.717, 1.165) is 103 Å². The van der Waals surface area contributed by atoms with Gasteiger partial charge in [-0.25, -0.2) is 0 Å². The van der Waals surface area contributed by atoms with Gasteiger partial charge in [-0.1, -0.05) is 265 Å². The summed E-state index contributed by atoms with van der Waals surface area (Å²) in [5, 5.41) is 87.5. The van der Waals surface area contributed by atoms with Crippen LogP contribution in [-0.4, -0.2) is 140 Å². The molecule has 2 aliphatic heterocycles. The first kappa shape index (κ1) is 78.0. The fourth-order valence-corrected chi connectivity index (χ4v) is 10.7. The summed E-state index contributed by atoms with van der Waals surface area (Å²) in [5.74, 6) is -0.214. The number of carbonyl (C=O) groups excluding carboxylic acids is 1. The highest BCUT2D eigenvalue weighted by molar-refractivity contribution is 5.76. The first-order chi connectivity index (χ1) is 41.6. The molecule has 0 radical (unpaired) electrons. The molecule has 0 saturated carbocycles. The molecule has 14 heteroatoms. The molecule has 12 unspecified atom stereocenters. The Labute approximate surface area is 515 Å². The minimum Gasteiger partial charge on any atom is -0.394 e. The summed E-state index contributed by atoms with van der Waals surface area (Å²) in [6.07, 6.45) is 59.8. The van der Waals surface area contributed by atoms with Crippen LogP contribution in [0.25, 0.3) is 0 Å². The number of unbranched alkanes of at least 4 members (excludes halogenated alkanes) is 25. The Hall–Kier alpha value is -3.09. The first-order valence-corrected chi connectivity index (χ1v) is 34.0. The van der Waals surface area contributed by atoms with Crippen LogP contribution in [0.15, 0.2) is 97.2 Å². The van der Waals surface area contributed by atoms with Gasteiger partial charge in [0.25, 0.3) is 0 Å². The van der Waals surface area contributed by atoms with Gasteiger partial charge in [0.05, 0.1) is 32.0 Å². The maximum Gasteiger partial charge on any atom is 0.220 e. The zero-order valence-electron chi connectivity index (χ0n) is 53.1. The number of amides is 1. The Bertz CT molecular complexity index is 1800. The summed E-state index contributed by atoms with van der Waals surface area (Å²) >= 11 is 0. The summed E-state index contributed by atoms with van der Waals surface area (Å²) in [4.78, 5) is 13.3. The van der Waals surface area contributed by atoms with E-state index >= 15 is 0 Å². The van der Waals surface area contributed by atoms with Gasteiger partial charge >= 0.3 is 0 Å². The molecule has 2 rings (SSSR count). The molecule has 9 N–H and O–H groups in total. The maximum atomic E-state index is 13.3. The molecule has 2 heterocycles. The molecule has 0 aromatic rings. The summed E-state index contributed by atoms with van der Waals surface area (Å²) in [7, 11) is 0. The molecule has 14 nitrogen and oxygen atoms in total. The van der Waals surface area contributed by atoms with Gasteiger partial charge in [-0.3, -0.25) is 4.79 Å². The van der Waals surface area contributed by atoms with Crippen molar-refractivity contribution in [2.75, 3.05) is 19.8 Å². The Morgan fingerprint density at radius 3 is 1.25 bits per heavy atom. The lowest BCUT2D eigenvalue weighted by Crippen LogP contribution is -2.65. The van der Waals surface area contributed by atoms with Crippen molar-refractivity contribution in [1.29, 1.82) is 0 Å². The molecule has 0 spiro atoms. The van der Waals surface area contributed by atoms with Crippen molar-refractivity contribution < 1.29 is 64.6 Å². The largest absolute Gasteiger partial charge is 0.394 e. The predicted octanol–water partition coefficient (Wildman–Crippen LogP) is 13.4. The summed E-state index contributed by atoms with van der Waals surface area (Å²) in [5.41, 5.74) is 0. The van der Waals surface area contributed by atoms with Crippen LogP contribution in [0.2, 0.25) is 0 Å². The smallest absolute Gasteiger partial charge is 0.220 e. The molecule has 12 atom stereocenters. The average molecular weight is 1200 g/mol. The number of hydrogen-bond donors (Lipinski definition) is 9. The summed E-state index contributed by atoms with van der Waals surface area (Å²) in [6, 6.07) is -0.837. The van der Waals surface area contributed by atoms with Gasteiger partial charge in [0, 0.05) is 6.42 Å². The lowest BCUT2D eigenvalue weighted by Gasteiger charge is -2.46. The second-order valence-electron chi connectivity index (χ2n) is 23.6. The maximum absolute atomic E-state index is 13.3. The highest BCUT2D eigenvalue weighted by Crippen LogP contribution is 2.30. The normalized spacial score (nSPS) is 24.2. The van der Waals surface area contributed by atoms with Crippen molar-refractivity contribution in [3.63, 3.8) is 0 Å². The van der Waals surface area contributed by atoms with Crippen LogP contribution in [0.5, 0.6) is 0 Å². The van der Waals surface area contributed by atoms with E-state index < -0.39 is 86.8 Å². The number of carbonyl (C=O) groups is 1. The molecule has 2 fully saturated rings. The molecule has 0 aromatic heterocycles. The number of allylic oxidation sites excluding steroid dienone is 16. The third-order valence-corrected chi connectivity index (χ3v) is 16.1. The third kappa shape index (κ3) is 39.5. The second-order valence-corrected chi connectivity index (χ2v) is 23.6. The monoisotopic (exact) mass is 1200 g/mol. The third-order valence-electron chi connectivity index (χ3n) is 16.1. The van der Waals surface area contributed by atoms with E-state index in [1.54, 1.807) is 0 Å². The number of rotatable bonds is 54. The predicted molar refractivity (Wildman–Crippen MR) is 346 cm³/mol. The van der Waals surface area contributed by atoms with Crippen molar-refractivity contribution in [2.45, 2.75) is 325 Å². The van der Waals surface area contributed by atoms with E-state index in [0.29, 0.717) is 19.3 Å². The van der Waals surface area contributed by atoms with Gasteiger partial charge in [0.1, 0.15) is 48.8 Å². The van der Waals surface area contributed by atoms with E-state index in [2.05, 4.69) is 116 Å². The molecule has 490 valence electrons. The molecular formula is C71H123NO13. The van der Waals surface area contributed by atoms with Gasteiger partial charge < -0.3 is 65.1 Å². The van der Waals surface area contributed by atoms with Crippen LogP contribution in [0.3, 0.4) is 0 Å². The number of nitrogens with one attached hydrogen (secondary N) is 1. The van der Waals surface area contributed by atoms with E-state index in [9.17, 15) is 45.6 Å². The Balaban J connectivity index is 1.65. The fourth-order valence-electron chi connectivity index (χ4n) is 10.7. The zero-order chi connectivity index (χ0) is 61.6. The van der Waals surface area contributed by atoms with E-state index in [1.807, 2.05) is 0 Å². The van der Waals surface area contributed by atoms with Crippen molar-refractivity contribution in [1.82, 2.24) is 5.32 Å². The molecule has 0 aliphatic carbocycles. The molecule has 85 heavy (non-hydrogen) atoms. The van der Waals surface area contributed by atoms with E-state index in [1.165, 1.54) is 116 Å². The number of aliphatic hydroxyl groups is 8. The molecule has 0 aromatic carbocycles. The number of ether oxygens (including phenoxy) is 4. The van der Waals surface area contributed by atoms with Crippen LogP contribution in [-0.2, 0) is 23.7 Å². The number of hydrogen-bond acceptors (Lipinski definition) is 13. The molecule has 2 saturated heterocycles. The topological polar surface area (TPSA) is 228 Å². The quantitative estimate of drug-likeness (QED) is 0.0204. The van der Waals surface area contributed by atoms with Crippen LogP contribution in [0, 0.1) is 0 Å². The van der Waals surface area contributed by atoms with Crippen LogP contribution >= 0.6 is 0 Å². The highest BCUT2D eigenvalue weighted by atomic mass is 16.7. The molecule has 0 bridgehead atoms. The lowest BCUT2D eigenvalue weighted by atomic mass is 9.97. The highest BCUT2D eigenvalue weighted by Gasteiger charge is 2.51. The molecular weight excluding hydrogens is 1070 g/mol. The van der Waals surface area contributed by atoms with Crippen molar-refractivity contribution in [3.8, 4) is 0 Å². The molecule has 2 aliphatic rings. The fraction of sp³-hybridized carbons (Fsp3) is 0.761. The van der Waals surface area contributed by atoms with Crippen molar-refractivity contribution in [3.05, 3.63) is 97.2 Å². The Morgan fingerprint density at radius 2 is 0.812 bits per heavy atom. The van der Waals surface area contributed by atoms with Crippen LogP contribution < -0.4 is 5.32 Å². The minimum absolute atomic E-state index is 0.214.